The van der Waals surface area contributed by atoms with Crippen molar-refractivity contribution in [3.05, 3.63) is 30.2 Å². The molecule has 2 rings (SSSR count). The summed E-state index contributed by atoms with van der Waals surface area (Å²) >= 11 is 0. The number of alkyl halides is 3. The summed E-state index contributed by atoms with van der Waals surface area (Å²) in [6.07, 6.45) is -2.78. The Bertz CT molecular complexity index is 560. The van der Waals surface area contributed by atoms with Crippen LogP contribution in [0.2, 0.25) is 0 Å². The third-order valence-electron chi connectivity index (χ3n) is 2.51. The lowest BCUT2D eigenvalue weighted by molar-refractivity contribution is -0.660. The fourth-order valence-corrected chi connectivity index (χ4v) is 1.63. The van der Waals surface area contributed by atoms with E-state index in [2.05, 4.69) is 10.1 Å². The van der Waals surface area contributed by atoms with Gasteiger partial charge in [0.15, 0.2) is 6.20 Å². The van der Waals surface area contributed by atoms with Crippen LogP contribution in [0.3, 0.4) is 0 Å². The topological polar surface area (TPSA) is 34.6 Å². The molecule has 0 aliphatic heterocycles. The largest absolute Gasteiger partial charge is 0.453 e. The fraction of sp³-hybridized carbons (Fsp3) is 0.364. The van der Waals surface area contributed by atoms with Gasteiger partial charge in [0.2, 0.25) is 11.5 Å². The highest BCUT2D eigenvalue weighted by atomic mass is 19.4. The first-order valence-electron chi connectivity index (χ1n) is 5.40. The molecule has 0 fully saturated rings. The van der Waals surface area contributed by atoms with Gasteiger partial charge in [0.05, 0.1) is 0 Å². The summed E-state index contributed by atoms with van der Waals surface area (Å²) in [4.78, 5) is 3.59. The van der Waals surface area contributed by atoms with Gasteiger partial charge < -0.3 is 0 Å². The van der Waals surface area contributed by atoms with Gasteiger partial charge in [-0.1, -0.05) is 0 Å². The minimum absolute atomic E-state index is 0.216. The molecule has 4 nitrogen and oxygen atoms in total. The molecule has 0 saturated heterocycles. The number of hydrogen-bond acceptors (Lipinski definition) is 2. The number of pyridine rings is 1. The van der Waals surface area contributed by atoms with Crippen LogP contribution in [0.1, 0.15) is 12.7 Å². The number of hydrogen-bond donors (Lipinski definition) is 0. The van der Waals surface area contributed by atoms with Gasteiger partial charge in [0.25, 0.3) is 5.82 Å². The van der Waals surface area contributed by atoms with Gasteiger partial charge in [0.1, 0.15) is 7.05 Å². The van der Waals surface area contributed by atoms with Crippen molar-refractivity contribution >= 4 is 0 Å². The Labute approximate surface area is 102 Å². The smallest absolute Gasteiger partial charge is 0.240 e. The highest BCUT2D eigenvalue weighted by Crippen LogP contribution is 2.28. The minimum atomic E-state index is -4.53. The molecule has 18 heavy (non-hydrogen) atoms. The van der Waals surface area contributed by atoms with Crippen LogP contribution < -0.4 is 4.57 Å². The summed E-state index contributed by atoms with van der Waals surface area (Å²) in [5.41, 5.74) is 0.586. The molecule has 7 heteroatoms. The van der Waals surface area contributed by atoms with E-state index in [4.69, 9.17) is 0 Å². The van der Waals surface area contributed by atoms with Crippen molar-refractivity contribution in [3.63, 3.8) is 0 Å². The van der Waals surface area contributed by atoms with E-state index in [1.165, 1.54) is 4.68 Å². The number of halogens is 3. The highest BCUT2D eigenvalue weighted by molar-refractivity contribution is 5.45. The van der Waals surface area contributed by atoms with Gasteiger partial charge in [-0.25, -0.2) is 4.68 Å². The molecular formula is C11H12F3N4+. The summed E-state index contributed by atoms with van der Waals surface area (Å²) in [5, 5.41) is 3.48. The van der Waals surface area contributed by atoms with Crippen molar-refractivity contribution < 1.29 is 17.7 Å². The Kier molecular flexibility index (Phi) is 3.06. The lowest BCUT2D eigenvalue weighted by Gasteiger charge is -2.00. The van der Waals surface area contributed by atoms with Crippen molar-refractivity contribution in [2.24, 2.45) is 7.05 Å². The molecule has 0 unspecified atom stereocenters. The van der Waals surface area contributed by atoms with Crippen molar-refractivity contribution in [1.82, 2.24) is 14.8 Å². The SMILES string of the molecule is CCn1nc(C(F)(F)F)nc1-c1cccc[n+]1C. The first kappa shape index (κ1) is 12.5. The Morgan fingerprint density at radius 3 is 2.61 bits per heavy atom. The zero-order valence-corrected chi connectivity index (χ0v) is 9.94. The summed E-state index contributed by atoms with van der Waals surface area (Å²) in [6.45, 7) is 2.05. The maximum absolute atomic E-state index is 12.6. The number of nitrogens with zero attached hydrogens (tertiary/aromatic N) is 4. The Morgan fingerprint density at radius 2 is 2.06 bits per heavy atom. The second-order valence-electron chi connectivity index (χ2n) is 3.77. The first-order valence-corrected chi connectivity index (χ1v) is 5.40. The molecule has 2 heterocycles. The standard InChI is InChI=1S/C11H12F3N4/c1-3-18-9(8-6-4-5-7-17(8)2)15-10(16-18)11(12,13)14/h4-7H,3H2,1-2H3/q+1. The second kappa shape index (κ2) is 4.40. The zero-order chi connectivity index (χ0) is 13.3. The normalized spacial score (nSPS) is 11.8. The van der Waals surface area contributed by atoms with E-state index in [-0.39, 0.29) is 5.82 Å². The molecule has 0 aromatic carbocycles. The van der Waals surface area contributed by atoms with E-state index in [0.29, 0.717) is 12.2 Å². The fourth-order valence-electron chi connectivity index (χ4n) is 1.63. The molecule has 2 aromatic heterocycles. The molecule has 0 radical (unpaired) electrons. The minimum Gasteiger partial charge on any atom is -0.240 e. The van der Waals surface area contributed by atoms with Crippen LogP contribution in [0.5, 0.6) is 0 Å². The summed E-state index contributed by atoms with van der Waals surface area (Å²) in [6, 6.07) is 5.24. The Balaban J connectivity index is 2.58. The zero-order valence-electron chi connectivity index (χ0n) is 9.94. The highest BCUT2D eigenvalue weighted by Gasteiger charge is 2.38. The predicted octanol–water partition coefficient (Wildman–Crippen LogP) is 1.81. The third-order valence-corrected chi connectivity index (χ3v) is 2.51. The summed E-state index contributed by atoms with van der Waals surface area (Å²) in [5.74, 6) is -0.892. The average molecular weight is 257 g/mol. The molecule has 0 amide bonds. The Hall–Kier alpha value is -1.92. The summed E-state index contributed by atoms with van der Waals surface area (Å²) < 4.78 is 40.7. The van der Waals surface area contributed by atoms with E-state index in [1.54, 1.807) is 42.9 Å². The monoisotopic (exact) mass is 257 g/mol. The van der Waals surface area contributed by atoms with Gasteiger partial charge in [-0.15, -0.1) is 5.10 Å². The lowest BCUT2D eigenvalue weighted by atomic mass is 10.3. The van der Waals surface area contributed by atoms with E-state index >= 15 is 0 Å². The number of aromatic nitrogens is 4. The van der Waals surface area contributed by atoms with E-state index < -0.39 is 12.0 Å². The van der Waals surface area contributed by atoms with E-state index in [1.807, 2.05) is 0 Å². The maximum Gasteiger partial charge on any atom is 0.453 e. The molecule has 0 aliphatic rings. The summed E-state index contributed by atoms with van der Waals surface area (Å²) in [7, 11) is 1.75. The maximum atomic E-state index is 12.6. The molecule has 0 saturated carbocycles. The lowest BCUT2D eigenvalue weighted by Crippen LogP contribution is -2.31. The molecule has 96 valence electrons. The van der Waals surface area contributed by atoms with Crippen molar-refractivity contribution in [2.75, 3.05) is 0 Å². The van der Waals surface area contributed by atoms with Crippen LogP contribution in [-0.2, 0) is 19.8 Å². The van der Waals surface area contributed by atoms with Crippen molar-refractivity contribution in [3.8, 4) is 11.5 Å². The molecule has 2 aromatic rings. The molecular weight excluding hydrogens is 245 g/mol. The number of rotatable bonds is 2. The van der Waals surface area contributed by atoms with Gasteiger partial charge in [-0.2, -0.15) is 22.7 Å². The molecule has 0 spiro atoms. The molecule has 0 atom stereocenters. The second-order valence-corrected chi connectivity index (χ2v) is 3.77. The van der Waals surface area contributed by atoms with Gasteiger partial charge >= 0.3 is 6.18 Å². The van der Waals surface area contributed by atoms with Crippen molar-refractivity contribution in [1.29, 1.82) is 0 Å². The van der Waals surface area contributed by atoms with Gasteiger partial charge in [0, 0.05) is 18.7 Å². The average Bonchev–Trinajstić information content (AvgIpc) is 2.73. The van der Waals surface area contributed by atoms with Crippen molar-refractivity contribution in [2.45, 2.75) is 19.6 Å². The first-order chi connectivity index (χ1) is 8.43. The molecule has 0 bridgehead atoms. The Morgan fingerprint density at radius 1 is 1.33 bits per heavy atom. The predicted molar refractivity (Wildman–Crippen MR) is 57.3 cm³/mol. The van der Waals surface area contributed by atoms with Gasteiger partial charge in [-0.3, -0.25) is 0 Å². The third kappa shape index (κ3) is 2.20. The number of aryl methyl sites for hydroxylation is 2. The van der Waals surface area contributed by atoms with Crippen LogP contribution >= 0.6 is 0 Å². The van der Waals surface area contributed by atoms with Crippen LogP contribution in [-0.4, -0.2) is 14.8 Å². The molecule has 0 aliphatic carbocycles. The quantitative estimate of drug-likeness (QED) is 0.769. The van der Waals surface area contributed by atoms with Crippen LogP contribution in [0.4, 0.5) is 13.2 Å². The van der Waals surface area contributed by atoms with Gasteiger partial charge in [-0.05, 0) is 13.0 Å². The van der Waals surface area contributed by atoms with E-state index in [0.717, 1.165) is 0 Å². The molecule has 0 N–H and O–H groups in total. The van der Waals surface area contributed by atoms with Crippen LogP contribution in [0.25, 0.3) is 11.5 Å². The van der Waals surface area contributed by atoms with E-state index in [9.17, 15) is 13.2 Å². The van der Waals surface area contributed by atoms with Crippen LogP contribution in [0.15, 0.2) is 24.4 Å². The van der Waals surface area contributed by atoms with Crippen LogP contribution in [0, 0.1) is 0 Å².